The summed E-state index contributed by atoms with van der Waals surface area (Å²) in [5, 5.41) is 22.4. The van der Waals surface area contributed by atoms with Crippen LogP contribution in [0.15, 0.2) is 437 Å². The molecular formula is C107H82Au4P4Si2+4. The number of benzene rings is 16. The van der Waals surface area contributed by atoms with Gasteiger partial charge in [-0.25, -0.2) is 0 Å². The second-order valence-corrected chi connectivity index (χ2v) is 46.4. The zero-order valence-electron chi connectivity index (χ0n) is 63.9. The predicted molar refractivity (Wildman–Crippen MR) is 500 cm³/mol. The van der Waals surface area contributed by atoms with Gasteiger partial charge in [-0.15, -0.1) is 70.8 Å². The number of rotatable bonds is 17. The van der Waals surface area contributed by atoms with Crippen molar-refractivity contribution in [2.24, 2.45) is 0 Å². The summed E-state index contributed by atoms with van der Waals surface area (Å²) in [5.74, 6) is 11.6. The topological polar surface area (TPSA) is 0 Å². The van der Waals surface area contributed by atoms with Gasteiger partial charge in [0, 0.05) is 0 Å². The summed E-state index contributed by atoms with van der Waals surface area (Å²) in [4.78, 5) is 0. The fourth-order valence-electron chi connectivity index (χ4n) is 16.5. The zero-order valence-corrected chi connectivity index (χ0v) is 78.6. The third-order valence-electron chi connectivity index (χ3n) is 21.6. The third-order valence-corrected chi connectivity index (χ3v) is 44.4. The van der Waals surface area contributed by atoms with Crippen LogP contribution in [0.3, 0.4) is 0 Å². The quantitative estimate of drug-likeness (QED) is 0.0369. The van der Waals surface area contributed by atoms with Gasteiger partial charge in [-0.3, -0.25) is 23.7 Å². The molecule has 0 saturated heterocycles. The Morgan fingerprint density at radius 3 is 0.504 bits per heavy atom. The Morgan fingerprint density at radius 1 is 0.188 bits per heavy atom. The summed E-state index contributed by atoms with van der Waals surface area (Å²) in [6.07, 6.45) is 33.3. The molecule has 0 spiro atoms. The average molecular weight is 2340 g/mol. The van der Waals surface area contributed by atoms with Crippen molar-refractivity contribution in [2.45, 2.75) is 0 Å². The Hall–Kier alpha value is -9.13. The van der Waals surface area contributed by atoms with Crippen LogP contribution in [-0.4, -0.2) is 34.4 Å². The normalized spacial score (nSPS) is 11.7. The molecule has 16 aromatic rings. The molecule has 0 fully saturated rings. The monoisotopic (exact) mass is 2330 g/mol. The molecule has 10 heteroatoms. The Balaban J connectivity index is 0.000000152. The van der Waals surface area contributed by atoms with Crippen molar-refractivity contribution in [2.75, 3.05) is 18.2 Å². The summed E-state index contributed by atoms with van der Waals surface area (Å²) in [5.41, 5.74) is 8.03. The summed E-state index contributed by atoms with van der Waals surface area (Å²) >= 11 is 0. The smallest absolute Gasteiger partial charge is 0.366 e. The van der Waals surface area contributed by atoms with E-state index in [-0.39, 0.29) is 89.5 Å². The van der Waals surface area contributed by atoms with E-state index >= 15 is 0 Å². The maximum atomic E-state index is 7.70. The summed E-state index contributed by atoms with van der Waals surface area (Å²) in [7, 11) is -8.40. The molecule has 117 heavy (non-hydrogen) atoms. The fraction of sp³-hybridized carbons (Fsp3) is 0.0280. The van der Waals surface area contributed by atoms with Crippen LogP contribution in [0.1, 0.15) is 22.3 Å². The molecule has 0 bridgehead atoms. The van der Waals surface area contributed by atoms with Gasteiger partial charge in [0.25, 0.3) is 0 Å². The number of hydrogen-bond donors (Lipinski definition) is 0. The number of hydrogen-bond acceptors (Lipinski definition) is 0. The summed E-state index contributed by atoms with van der Waals surface area (Å²) < 4.78 is 0. The largest absolute Gasteiger partial charge is 1.00 e. The van der Waals surface area contributed by atoms with Crippen molar-refractivity contribution in [3.8, 4) is 45.9 Å². The molecule has 0 aromatic heterocycles. The Morgan fingerprint density at radius 2 is 0.342 bits per heavy atom. The van der Waals surface area contributed by atoms with Crippen LogP contribution < -0.4 is 83.9 Å². The van der Waals surface area contributed by atoms with Gasteiger partial charge in [0.1, 0.15) is 49.4 Å². The van der Waals surface area contributed by atoms with Crippen molar-refractivity contribution in [1.82, 2.24) is 0 Å². The molecule has 0 amide bonds. The van der Waals surface area contributed by atoms with E-state index in [1.54, 1.807) is 0 Å². The molecule has 0 unspecified atom stereocenters. The first-order valence-corrected chi connectivity index (χ1v) is 49.1. The molecule has 18 rings (SSSR count). The van der Waals surface area contributed by atoms with Crippen LogP contribution in [0.5, 0.6) is 0 Å². The van der Waals surface area contributed by atoms with E-state index < -0.39 is 47.8 Å². The molecule has 578 valence electrons. The molecule has 2 heterocycles. The van der Waals surface area contributed by atoms with Gasteiger partial charge in [-0.1, -0.05) is 312 Å². The molecule has 16 aromatic carbocycles. The Kier molecular flexibility index (Phi) is 33.0. The van der Waals surface area contributed by atoms with Gasteiger partial charge in [0.2, 0.25) is 0 Å². The minimum Gasteiger partial charge on any atom is -0.366 e. The molecule has 2 aliphatic rings. The van der Waals surface area contributed by atoms with Gasteiger partial charge < -0.3 is 25.7 Å². The second kappa shape index (κ2) is 43.5. The molecule has 0 nitrogen and oxygen atoms in total. The van der Waals surface area contributed by atoms with Crippen molar-refractivity contribution >= 4 is 132 Å². The molecule has 2 aliphatic heterocycles. The van der Waals surface area contributed by atoms with Gasteiger partial charge in [0.05, 0.1) is 37.1 Å². The van der Waals surface area contributed by atoms with E-state index in [0.29, 0.717) is 0 Å². The van der Waals surface area contributed by atoms with E-state index in [9.17, 15) is 0 Å². The third kappa shape index (κ3) is 19.8. The van der Waals surface area contributed by atoms with Gasteiger partial charge in [0.15, 0.2) is 22.1 Å². The van der Waals surface area contributed by atoms with Crippen LogP contribution in [0.4, 0.5) is 0 Å². The molecule has 0 saturated carbocycles. The average Bonchev–Trinajstić information content (AvgIpc) is 1.55. The predicted octanol–water partition coefficient (Wildman–Crippen LogP) is 15.2. The molecular weight excluding hydrogens is 2250 g/mol. The van der Waals surface area contributed by atoms with Gasteiger partial charge >= 0.3 is 89.5 Å². The summed E-state index contributed by atoms with van der Waals surface area (Å²) in [6, 6.07) is 157. The minimum atomic E-state index is -2.57. The first kappa shape index (κ1) is 88.7. The zero-order chi connectivity index (χ0) is 77.0. The maximum Gasteiger partial charge on any atom is 1.00 e. The maximum absolute atomic E-state index is 7.70. The standard InChI is InChI=1S/2C28H16Si.C26H24P2.C25H22P2.4Au/c2*1-3-21-15-17-25-26-18-16-22(4-2)20-28(26)29(27(25)19-21,23-11-7-5-8-12-23)24-13-9-6-10-14-24;1-5-13-23(14-6-1)27(24-15-7-2-8-16-24)21-22-28(25-17-9-3-10-18-25)26-19-11-4-12-20-26;1-5-13-22(14-6-1)26(23-15-7-2-8-16-23)21-27(24-17-9-3-10-18-24)25-19-11-4-12-20-25;;;;/h2*5-20H;1-20H,21-22H2;1-20H,21H2;;;;/q2*-2;;;4*+1/p+4. The molecule has 0 aliphatic carbocycles. The van der Waals surface area contributed by atoms with Crippen molar-refractivity contribution in [3.63, 3.8) is 0 Å². The summed E-state index contributed by atoms with van der Waals surface area (Å²) in [6.45, 7) is 0. The first-order chi connectivity index (χ1) is 55.9. The van der Waals surface area contributed by atoms with E-state index in [2.05, 4.69) is 436 Å². The van der Waals surface area contributed by atoms with Gasteiger partial charge in [-0.05, 0) is 140 Å². The molecule has 0 radical (unpaired) electrons. The Bertz CT molecular complexity index is 5280. The molecule has 0 atom stereocenters. The number of fused-ring (bicyclic) bond motifs is 6. The minimum absolute atomic E-state index is 0. The second-order valence-electron chi connectivity index (χ2n) is 28.0. The van der Waals surface area contributed by atoms with E-state index in [1.807, 2.05) is 24.3 Å². The van der Waals surface area contributed by atoms with E-state index in [0.717, 1.165) is 22.3 Å². The van der Waals surface area contributed by atoms with Crippen molar-refractivity contribution in [3.05, 3.63) is 485 Å². The van der Waals surface area contributed by atoms with Gasteiger partial charge in [-0.2, -0.15) is 0 Å². The van der Waals surface area contributed by atoms with Crippen molar-refractivity contribution < 1.29 is 89.5 Å². The van der Waals surface area contributed by atoms with Crippen LogP contribution in [0, 0.1) is 49.4 Å². The van der Waals surface area contributed by atoms with Crippen LogP contribution in [0.25, 0.3) is 22.3 Å². The van der Waals surface area contributed by atoms with Crippen LogP contribution >= 0.6 is 31.7 Å². The Labute approximate surface area is 762 Å². The SMILES string of the molecule is [Au+].[Au+].[Au+].[Au+].[C-]#Cc1ccc2c(c1)[Si](c1ccccc1)(c1ccccc1)c1cc(C#[C-])ccc1-2.[C-]#Cc1ccc2c(c1)[Si](c1ccccc1)(c1ccccc1)c1cc(C#[C-])ccc1-2.c1ccc([PH+](CC[PH+](c2ccccc2)c2ccccc2)c2ccccc2)cc1.c1ccc([PH+](C[PH+](c2ccccc2)c2ccccc2)c2ccccc2)cc1. The first-order valence-electron chi connectivity index (χ1n) is 38.3. The van der Waals surface area contributed by atoms with Crippen LogP contribution in [-0.2, 0) is 89.5 Å². The molecule has 0 N–H and O–H groups in total. The van der Waals surface area contributed by atoms with Crippen molar-refractivity contribution in [1.29, 1.82) is 0 Å². The fourth-order valence-corrected chi connectivity index (χ4v) is 40.9. The van der Waals surface area contributed by atoms with Crippen LogP contribution in [0.2, 0.25) is 0 Å². The van der Waals surface area contributed by atoms with E-state index in [1.165, 1.54) is 124 Å². The van der Waals surface area contributed by atoms with E-state index in [4.69, 9.17) is 25.7 Å².